The van der Waals surface area contributed by atoms with Crippen LogP contribution in [0.25, 0.3) is 0 Å². The Hall–Kier alpha value is -0.860. The van der Waals surface area contributed by atoms with Crippen molar-refractivity contribution in [3.05, 3.63) is 0 Å². The van der Waals surface area contributed by atoms with Gasteiger partial charge in [0, 0.05) is 11.8 Å². The van der Waals surface area contributed by atoms with Gasteiger partial charge in [-0.1, -0.05) is 0 Å². The van der Waals surface area contributed by atoms with Crippen LogP contribution < -0.4 is 0 Å². The smallest absolute Gasteiger partial charge is 0.307 e. The van der Waals surface area contributed by atoms with Gasteiger partial charge in [0.15, 0.2) is 0 Å². The van der Waals surface area contributed by atoms with Crippen LogP contribution in [0.15, 0.2) is 0 Å². The molecular weight excluding hydrogens is 180 g/mol. The van der Waals surface area contributed by atoms with E-state index >= 15 is 0 Å². The standard InChI is InChI=1S/C11H14O3/c12-10-7-2-5-1-6(4-7)9(11(13)14)8(10)3-5/h5-9H,1-4H2,(H,13,14)/t5?,6-,7+,8-,9-/m0/s1. The Balaban J connectivity index is 1.97. The van der Waals surface area contributed by atoms with E-state index in [2.05, 4.69) is 0 Å². The Kier molecular flexibility index (Phi) is 1.56. The molecule has 14 heavy (non-hydrogen) atoms. The molecule has 0 spiro atoms. The van der Waals surface area contributed by atoms with Gasteiger partial charge in [-0.15, -0.1) is 0 Å². The number of rotatable bonds is 1. The molecule has 4 rings (SSSR count). The number of aliphatic carboxylic acids is 1. The number of Topliss-reactive ketones (excluding diaryl/α,β-unsaturated/α-hetero) is 1. The summed E-state index contributed by atoms with van der Waals surface area (Å²) in [6.07, 6.45) is 3.79. The van der Waals surface area contributed by atoms with E-state index in [4.69, 9.17) is 5.11 Å². The van der Waals surface area contributed by atoms with Gasteiger partial charge < -0.3 is 5.11 Å². The minimum Gasteiger partial charge on any atom is -0.481 e. The molecule has 0 saturated heterocycles. The summed E-state index contributed by atoms with van der Waals surface area (Å²) in [6, 6.07) is 0. The number of carboxylic acid groups (broad SMARTS) is 1. The second-order valence-corrected chi connectivity index (χ2v) is 5.14. The predicted octanol–water partition coefficient (Wildman–Crippen LogP) is 1.32. The molecule has 4 aliphatic rings. The maximum Gasteiger partial charge on any atom is 0.307 e. The van der Waals surface area contributed by atoms with Crippen molar-refractivity contribution >= 4 is 11.8 Å². The molecule has 1 unspecified atom stereocenters. The van der Waals surface area contributed by atoms with Crippen LogP contribution >= 0.6 is 0 Å². The lowest BCUT2D eigenvalue weighted by atomic mass is 9.51. The lowest BCUT2D eigenvalue weighted by molar-refractivity contribution is -0.164. The summed E-state index contributed by atoms with van der Waals surface area (Å²) >= 11 is 0. The molecule has 0 aromatic rings. The molecule has 1 N–H and O–H groups in total. The van der Waals surface area contributed by atoms with Crippen molar-refractivity contribution < 1.29 is 14.7 Å². The molecule has 0 aromatic carbocycles. The highest BCUT2D eigenvalue weighted by Gasteiger charge is 2.55. The fourth-order valence-corrected chi connectivity index (χ4v) is 4.01. The van der Waals surface area contributed by atoms with E-state index in [-0.39, 0.29) is 23.5 Å². The monoisotopic (exact) mass is 194 g/mol. The van der Waals surface area contributed by atoms with E-state index in [0.717, 1.165) is 25.7 Å². The van der Waals surface area contributed by atoms with Gasteiger partial charge in [-0.05, 0) is 37.5 Å². The number of carboxylic acids is 1. The van der Waals surface area contributed by atoms with Crippen molar-refractivity contribution in [1.82, 2.24) is 0 Å². The van der Waals surface area contributed by atoms with Crippen molar-refractivity contribution in [1.29, 1.82) is 0 Å². The highest BCUT2D eigenvalue weighted by Crippen LogP contribution is 2.54. The number of carbonyl (C=O) groups is 2. The van der Waals surface area contributed by atoms with Gasteiger partial charge in [0.05, 0.1) is 5.92 Å². The number of carbonyl (C=O) groups excluding carboxylic acids is 1. The van der Waals surface area contributed by atoms with Gasteiger partial charge in [0.25, 0.3) is 0 Å². The van der Waals surface area contributed by atoms with Crippen LogP contribution in [0.3, 0.4) is 0 Å². The molecule has 0 aromatic heterocycles. The molecule has 3 nitrogen and oxygen atoms in total. The minimum atomic E-state index is -0.743. The molecule has 0 aliphatic heterocycles. The van der Waals surface area contributed by atoms with Crippen LogP contribution in [-0.4, -0.2) is 16.9 Å². The second kappa shape index (κ2) is 2.59. The molecule has 4 saturated carbocycles. The van der Waals surface area contributed by atoms with Crippen molar-refractivity contribution in [2.75, 3.05) is 0 Å². The normalized spacial score (nSPS) is 49.7. The van der Waals surface area contributed by atoms with Crippen LogP contribution in [0.4, 0.5) is 0 Å². The first-order valence-corrected chi connectivity index (χ1v) is 5.43. The lowest BCUT2D eigenvalue weighted by Gasteiger charge is -2.51. The molecule has 0 amide bonds. The van der Waals surface area contributed by atoms with Crippen molar-refractivity contribution in [2.45, 2.75) is 25.7 Å². The van der Waals surface area contributed by atoms with Gasteiger partial charge in [-0.25, -0.2) is 0 Å². The summed E-state index contributed by atoms with van der Waals surface area (Å²) in [4.78, 5) is 22.9. The summed E-state index contributed by atoms with van der Waals surface area (Å²) in [5, 5.41) is 9.11. The Bertz CT molecular complexity index is 310. The average molecular weight is 194 g/mol. The van der Waals surface area contributed by atoms with Gasteiger partial charge in [0.2, 0.25) is 0 Å². The van der Waals surface area contributed by atoms with Crippen molar-refractivity contribution in [2.24, 2.45) is 29.6 Å². The summed E-state index contributed by atoms with van der Waals surface area (Å²) in [5.41, 5.74) is 0. The van der Waals surface area contributed by atoms with Gasteiger partial charge in [-0.2, -0.15) is 0 Å². The average Bonchev–Trinajstić information content (AvgIpc) is 2.12. The van der Waals surface area contributed by atoms with Crippen LogP contribution in [0.5, 0.6) is 0 Å². The molecule has 3 heteroatoms. The maximum atomic E-state index is 11.8. The first-order valence-electron chi connectivity index (χ1n) is 5.43. The van der Waals surface area contributed by atoms with Gasteiger partial charge in [0.1, 0.15) is 5.78 Å². The summed E-state index contributed by atoms with van der Waals surface area (Å²) < 4.78 is 0. The predicted molar refractivity (Wildman–Crippen MR) is 48.6 cm³/mol. The fourth-order valence-electron chi connectivity index (χ4n) is 4.01. The first-order chi connectivity index (χ1) is 6.66. The molecule has 76 valence electrons. The highest BCUT2D eigenvalue weighted by molar-refractivity contribution is 5.90. The van der Waals surface area contributed by atoms with E-state index in [1.165, 1.54) is 0 Å². The number of hydrogen-bond acceptors (Lipinski definition) is 2. The SMILES string of the molecule is O=C(O)[C@H]1[C@H]2CC3C[C@H](C2)C(=O)[C@H]1C3. The third-order valence-electron chi connectivity index (χ3n) is 4.42. The third kappa shape index (κ3) is 0.928. The largest absolute Gasteiger partial charge is 0.481 e. The number of ketones is 1. The highest BCUT2D eigenvalue weighted by atomic mass is 16.4. The fraction of sp³-hybridized carbons (Fsp3) is 0.818. The quantitative estimate of drug-likeness (QED) is 0.685. The van der Waals surface area contributed by atoms with E-state index in [1.54, 1.807) is 0 Å². The molecule has 0 heterocycles. The summed E-state index contributed by atoms with van der Waals surface area (Å²) in [5.74, 6) is 0.189. The van der Waals surface area contributed by atoms with E-state index in [9.17, 15) is 9.59 Å². The second-order valence-electron chi connectivity index (χ2n) is 5.14. The van der Waals surface area contributed by atoms with Crippen LogP contribution in [0.1, 0.15) is 25.7 Å². The Morgan fingerprint density at radius 3 is 2.71 bits per heavy atom. The summed E-state index contributed by atoms with van der Waals surface area (Å²) in [7, 11) is 0. The van der Waals surface area contributed by atoms with Gasteiger partial charge >= 0.3 is 5.97 Å². The molecule has 0 radical (unpaired) electrons. The Morgan fingerprint density at radius 1 is 1.21 bits per heavy atom. The first kappa shape index (κ1) is 8.45. The molecule has 4 fully saturated rings. The van der Waals surface area contributed by atoms with E-state index in [1.807, 2.05) is 0 Å². The topological polar surface area (TPSA) is 54.4 Å². The zero-order valence-corrected chi connectivity index (χ0v) is 7.98. The summed E-state index contributed by atoms with van der Waals surface area (Å²) in [6.45, 7) is 0. The van der Waals surface area contributed by atoms with Crippen molar-refractivity contribution in [3.63, 3.8) is 0 Å². The van der Waals surface area contributed by atoms with E-state index in [0.29, 0.717) is 11.8 Å². The Labute approximate surface area is 82.5 Å². The molecule has 4 bridgehead atoms. The third-order valence-corrected chi connectivity index (χ3v) is 4.42. The zero-order valence-electron chi connectivity index (χ0n) is 7.98. The zero-order chi connectivity index (χ0) is 9.87. The van der Waals surface area contributed by atoms with Crippen LogP contribution in [0, 0.1) is 29.6 Å². The minimum absolute atomic E-state index is 0.135. The Morgan fingerprint density at radius 2 is 2.00 bits per heavy atom. The number of hydrogen-bond donors (Lipinski definition) is 1. The van der Waals surface area contributed by atoms with Crippen LogP contribution in [0.2, 0.25) is 0 Å². The molecule has 4 aliphatic carbocycles. The van der Waals surface area contributed by atoms with Crippen LogP contribution in [-0.2, 0) is 9.59 Å². The molecule has 5 atom stereocenters. The lowest BCUT2D eigenvalue weighted by Crippen LogP contribution is -2.53. The van der Waals surface area contributed by atoms with Gasteiger partial charge in [-0.3, -0.25) is 9.59 Å². The van der Waals surface area contributed by atoms with Crippen molar-refractivity contribution in [3.8, 4) is 0 Å². The maximum absolute atomic E-state index is 11.8. The molecular formula is C11H14O3. The van der Waals surface area contributed by atoms with E-state index < -0.39 is 5.97 Å².